The highest BCUT2D eigenvalue weighted by Gasteiger charge is 2.21. The zero-order valence-electron chi connectivity index (χ0n) is 10.8. The van der Waals surface area contributed by atoms with Crippen molar-refractivity contribution in [3.8, 4) is 0 Å². The Kier molecular flexibility index (Phi) is 6.06. The molecular weight excluding hydrogens is 218 g/mol. The fraction of sp³-hybridized carbons (Fsp3) is 0.917. The summed E-state index contributed by atoms with van der Waals surface area (Å²) < 4.78 is 0. The van der Waals surface area contributed by atoms with E-state index in [9.17, 15) is 0 Å². The van der Waals surface area contributed by atoms with Gasteiger partial charge < -0.3 is 15.5 Å². The van der Waals surface area contributed by atoms with Crippen LogP contribution in [0.5, 0.6) is 0 Å². The van der Waals surface area contributed by atoms with Crippen LogP contribution in [0.15, 0.2) is 0 Å². The van der Waals surface area contributed by atoms with Gasteiger partial charge in [-0.3, -0.25) is 0 Å². The third-order valence-electron chi connectivity index (χ3n) is 3.02. The van der Waals surface area contributed by atoms with Gasteiger partial charge in [-0.05, 0) is 65.3 Å². The number of rotatable bonds is 7. The third-order valence-corrected chi connectivity index (χ3v) is 3.28. The first-order valence-corrected chi connectivity index (χ1v) is 6.75. The number of nitrogens with one attached hydrogen (secondary N) is 2. The molecule has 0 saturated heterocycles. The van der Waals surface area contributed by atoms with Crippen LogP contribution in [0, 0.1) is 0 Å². The van der Waals surface area contributed by atoms with Crippen molar-refractivity contribution in [2.24, 2.45) is 0 Å². The lowest BCUT2D eigenvalue weighted by molar-refractivity contribution is 0.268. The molecule has 2 N–H and O–H groups in total. The standard InChI is InChI=1S/C12H25N3S/c1-10(2)15(3)9-5-4-8-13-12(16)14-11-6-7-11/h10-11H,4-9H2,1-3H3,(H2,13,14,16). The summed E-state index contributed by atoms with van der Waals surface area (Å²) in [4.78, 5) is 2.38. The average Bonchev–Trinajstić information content (AvgIpc) is 3.00. The SMILES string of the molecule is CC(C)N(C)CCCCNC(=S)NC1CC1. The summed E-state index contributed by atoms with van der Waals surface area (Å²) in [7, 11) is 2.18. The summed E-state index contributed by atoms with van der Waals surface area (Å²) >= 11 is 5.18. The number of hydrogen-bond donors (Lipinski definition) is 2. The second-order valence-corrected chi connectivity index (χ2v) is 5.36. The van der Waals surface area contributed by atoms with Gasteiger partial charge in [0.05, 0.1) is 0 Å². The van der Waals surface area contributed by atoms with Crippen LogP contribution >= 0.6 is 12.2 Å². The van der Waals surface area contributed by atoms with Crippen LogP contribution in [0.2, 0.25) is 0 Å². The Bertz CT molecular complexity index is 214. The highest BCUT2D eigenvalue weighted by molar-refractivity contribution is 7.80. The molecule has 4 heteroatoms. The predicted molar refractivity (Wildman–Crippen MR) is 73.8 cm³/mol. The fourth-order valence-corrected chi connectivity index (χ4v) is 1.68. The van der Waals surface area contributed by atoms with Crippen molar-refractivity contribution < 1.29 is 0 Å². The first kappa shape index (κ1) is 13.7. The molecule has 1 aliphatic carbocycles. The van der Waals surface area contributed by atoms with E-state index in [1.165, 1.54) is 32.2 Å². The van der Waals surface area contributed by atoms with Gasteiger partial charge in [-0.15, -0.1) is 0 Å². The van der Waals surface area contributed by atoms with Crippen molar-refractivity contribution in [1.82, 2.24) is 15.5 Å². The monoisotopic (exact) mass is 243 g/mol. The number of thiocarbonyl (C=S) groups is 1. The maximum atomic E-state index is 5.18. The Morgan fingerprint density at radius 2 is 2.06 bits per heavy atom. The van der Waals surface area contributed by atoms with Crippen molar-refractivity contribution in [2.45, 2.75) is 51.6 Å². The normalized spacial score (nSPS) is 15.6. The molecule has 0 aliphatic heterocycles. The largest absolute Gasteiger partial charge is 0.363 e. The van der Waals surface area contributed by atoms with E-state index in [-0.39, 0.29) is 0 Å². The van der Waals surface area contributed by atoms with E-state index in [0.29, 0.717) is 12.1 Å². The smallest absolute Gasteiger partial charge is 0.166 e. The summed E-state index contributed by atoms with van der Waals surface area (Å²) in [6.07, 6.45) is 4.97. The second-order valence-electron chi connectivity index (χ2n) is 4.96. The molecule has 1 rings (SSSR count). The van der Waals surface area contributed by atoms with Crippen molar-refractivity contribution >= 4 is 17.3 Å². The molecule has 0 heterocycles. The van der Waals surface area contributed by atoms with Gasteiger partial charge in [-0.1, -0.05) is 0 Å². The molecule has 0 aromatic carbocycles. The zero-order chi connectivity index (χ0) is 12.0. The first-order valence-electron chi connectivity index (χ1n) is 6.34. The van der Waals surface area contributed by atoms with Gasteiger partial charge in [0.2, 0.25) is 0 Å². The van der Waals surface area contributed by atoms with Gasteiger partial charge in [-0.25, -0.2) is 0 Å². The molecule has 0 bridgehead atoms. The highest BCUT2D eigenvalue weighted by Crippen LogP contribution is 2.18. The van der Waals surface area contributed by atoms with Crippen molar-refractivity contribution in [1.29, 1.82) is 0 Å². The molecule has 1 saturated carbocycles. The molecule has 0 radical (unpaired) electrons. The van der Waals surface area contributed by atoms with E-state index in [4.69, 9.17) is 12.2 Å². The average molecular weight is 243 g/mol. The molecule has 0 aromatic rings. The minimum Gasteiger partial charge on any atom is -0.363 e. The topological polar surface area (TPSA) is 27.3 Å². The lowest BCUT2D eigenvalue weighted by Crippen LogP contribution is -2.37. The summed E-state index contributed by atoms with van der Waals surface area (Å²) in [6.45, 7) is 6.62. The summed E-state index contributed by atoms with van der Waals surface area (Å²) in [5, 5.41) is 7.37. The maximum Gasteiger partial charge on any atom is 0.166 e. The minimum atomic E-state index is 0.644. The lowest BCUT2D eigenvalue weighted by atomic mass is 10.2. The van der Waals surface area contributed by atoms with Crippen molar-refractivity contribution in [3.63, 3.8) is 0 Å². The molecule has 0 spiro atoms. The molecule has 0 atom stereocenters. The highest BCUT2D eigenvalue weighted by atomic mass is 32.1. The molecular formula is C12H25N3S. The molecule has 3 nitrogen and oxygen atoms in total. The van der Waals surface area contributed by atoms with Crippen LogP contribution in [0.3, 0.4) is 0 Å². The Morgan fingerprint density at radius 3 is 2.62 bits per heavy atom. The van der Waals surface area contributed by atoms with E-state index < -0.39 is 0 Å². The summed E-state index contributed by atoms with van der Waals surface area (Å²) in [5.41, 5.74) is 0. The molecule has 0 aromatic heterocycles. The Hall–Kier alpha value is -0.350. The van der Waals surface area contributed by atoms with Crippen molar-refractivity contribution in [2.75, 3.05) is 20.1 Å². The van der Waals surface area contributed by atoms with Crippen LogP contribution in [-0.4, -0.2) is 42.2 Å². The lowest BCUT2D eigenvalue weighted by Gasteiger charge is -2.20. The van der Waals surface area contributed by atoms with Crippen LogP contribution in [0.4, 0.5) is 0 Å². The molecule has 0 amide bonds. The van der Waals surface area contributed by atoms with Crippen LogP contribution < -0.4 is 10.6 Å². The van der Waals surface area contributed by atoms with Crippen LogP contribution in [-0.2, 0) is 0 Å². The van der Waals surface area contributed by atoms with Crippen LogP contribution in [0.25, 0.3) is 0 Å². The zero-order valence-corrected chi connectivity index (χ0v) is 11.6. The van der Waals surface area contributed by atoms with E-state index >= 15 is 0 Å². The predicted octanol–water partition coefficient (Wildman–Crippen LogP) is 1.73. The number of unbranched alkanes of at least 4 members (excludes halogenated alkanes) is 1. The van der Waals surface area contributed by atoms with E-state index in [1.807, 2.05) is 0 Å². The molecule has 16 heavy (non-hydrogen) atoms. The number of hydrogen-bond acceptors (Lipinski definition) is 2. The Labute approximate surface area is 105 Å². The maximum absolute atomic E-state index is 5.18. The van der Waals surface area contributed by atoms with Gasteiger partial charge in [0.1, 0.15) is 0 Å². The van der Waals surface area contributed by atoms with E-state index in [0.717, 1.165) is 11.7 Å². The van der Waals surface area contributed by atoms with Crippen molar-refractivity contribution in [3.05, 3.63) is 0 Å². The molecule has 1 fully saturated rings. The van der Waals surface area contributed by atoms with E-state index in [1.54, 1.807) is 0 Å². The molecule has 0 unspecified atom stereocenters. The minimum absolute atomic E-state index is 0.644. The van der Waals surface area contributed by atoms with E-state index in [2.05, 4.69) is 36.4 Å². The quantitative estimate of drug-likeness (QED) is 0.526. The number of nitrogens with zero attached hydrogens (tertiary/aromatic N) is 1. The Balaban J connectivity index is 1.88. The van der Waals surface area contributed by atoms with Gasteiger partial charge >= 0.3 is 0 Å². The van der Waals surface area contributed by atoms with Gasteiger partial charge in [0, 0.05) is 18.6 Å². The molecule has 1 aliphatic rings. The summed E-state index contributed by atoms with van der Waals surface area (Å²) in [6, 6.07) is 1.30. The third kappa shape index (κ3) is 6.28. The fourth-order valence-electron chi connectivity index (χ4n) is 1.41. The van der Waals surface area contributed by atoms with Gasteiger partial charge in [0.25, 0.3) is 0 Å². The summed E-state index contributed by atoms with van der Waals surface area (Å²) in [5.74, 6) is 0. The van der Waals surface area contributed by atoms with Gasteiger partial charge in [0.15, 0.2) is 5.11 Å². The van der Waals surface area contributed by atoms with Gasteiger partial charge in [-0.2, -0.15) is 0 Å². The molecule has 94 valence electrons. The Morgan fingerprint density at radius 1 is 1.38 bits per heavy atom. The first-order chi connectivity index (χ1) is 7.59. The second kappa shape index (κ2) is 7.07. The van der Waals surface area contributed by atoms with Crippen LogP contribution in [0.1, 0.15) is 39.5 Å².